The molecule has 2 aromatic heterocycles. The van der Waals surface area contributed by atoms with Gasteiger partial charge in [-0.2, -0.15) is 0 Å². The Morgan fingerprint density at radius 1 is 1.33 bits per heavy atom. The largest absolute Gasteiger partial charge is 0.361 e. The van der Waals surface area contributed by atoms with E-state index in [4.69, 9.17) is 27.7 Å². The second-order valence-electron chi connectivity index (χ2n) is 3.48. The lowest BCUT2D eigenvalue weighted by Crippen LogP contribution is -2.15. The molecule has 0 fully saturated rings. The van der Waals surface area contributed by atoms with Crippen LogP contribution < -0.4 is 5.32 Å². The molecule has 0 aromatic carbocycles. The van der Waals surface area contributed by atoms with Gasteiger partial charge in [0.1, 0.15) is 22.7 Å². The number of aryl methyl sites for hydroxylation is 2. The van der Waals surface area contributed by atoms with Crippen LogP contribution in [0.1, 0.15) is 21.8 Å². The number of carbonyl (C=O) groups excluding carboxylic acids is 1. The molecule has 0 saturated heterocycles. The predicted octanol–water partition coefficient (Wildman–Crippen LogP) is 2.64. The van der Waals surface area contributed by atoms with Crippen LogP contribution in [0.15, 0.2) is 10.9 Å². The SMILES string of the molecule is Cc1noc(C)c1C(=O)Nc1ncnc(Cl)c1Cl. The normalized spacial score (nSPS) is 10.4. The average molecular weight is 287 g/mol. The standard InChI is InChI=1S/C10H8Cl2N4O2/c1-4-6(5(2)18-16-4)10(17)15-9-7(11)8(12)13-3-14-9/h3H,1-2H3,(H,13,14,15,17). The van der Waals surface area contributed by atoms with Crippen LogP contribution in [0.3, 0.4) is 0 Å². The molecule has 0 radical (unpaired) electrons. The molecule has 0 bridgehead atoms. The number of amides is 1. The molecule has 0 atom stereocenters. The Morgan fingerprint density at radius 2 is 2.06 bits per heavy atom. The molecular weight excluding hydrogens is 279 g/mol. The number of anilines is 1. The number of halogens is 2. The van der Waals surface area contributed by atoms with Crippen LogP contribution in [0.25, 0.3) is 0 Å². The third kappa shape index (κ3) is 2.30. The fraction of sp³-hybridized carbons (Fsp3) is 0.200. The van der Waals surface area contributed by atoms with Crippen LogP contribution in [0.5, 0.6) is 0 Å². The van der Waals surface area contributed by atoms with Crippen molar-refractivity contribution < 1.29 is 9.32 Å². The van der Waals surface area contributed by atoms with Crippen LogP contribution >= 0.6 is 23.2 Å². The number of rotatable bonds is 2. The van der Waals surface area contributed by atoms with Gasteiger partial charge >= 0.3 is 0 Å². The van der Waals surface area contributed by atoms with Gasteiger partial charge < -0.3 is 9.84 Å². The first-order chi connectivity index (χ1) is 8.50. The van der Waals surface area contributed by atoms with Gasteiger partial charge in [0, 0.05) is 0 Å². The van der Waals surface area contributed by atoms with Gasteiger partial charge in [-0.3, -0.25) is 4.79 Å². The molecule has 2 heterocycles. The molecule has 0 spiro atoms. The molecule has 6 nitrogen and oxygen atoms in total. The van der Waals surface area contributed by atoms with Gasteiger partial charge in [-0.1, -0.05) is 28.4 Å². The number of carbonyl (C=O) groups is 1. The predicted molar refractivity (Wildman–Crippen MR) is 66.0 cm³/mol. The van der Waals surface area contributed by atoms with E-state index < -0.39 is 5.91 Å². The molecule has 0 saturated carbocycles. The second kappa shape index (κ2) is 4.91. The molecule has 18 heavy (non-hydrogen) atoms. The fourth-order valence-electron chi connectivity index (χ4n) is 1.41. The van der Waals surface area contributed by atoms with Crippen LogP contribution in [-0.4, -0.2) is 21.0 Å². The molecule has 8 heteroatoms. The van der Waals surface area contributed by atoms with Gasteiger partial charge in [0.05, 0.1) is 5.69 Å². The minimum absolute atomic E-state index is 0.0701. The summed E-state index contributed by atoms with van der Waals surface area (Å²) in [6.07, 6.45) is 1.21. The zero-order valence-corrected chi connectivity index (χ0v) is 11.0. The van der Waals surface area contributed by atoms with Crippen LogP contribution in [0.4, 0.5) is 5.82 Å². The van der Waals surface area contributed by atoms with E-state index in [-0.39, 0.29) is 16.0 Å². The maximum atomic E-state index is 12.0. The van der Waals surface area contributed by atoms with Crippen LogP contribution in [0.2, 0.25) is 10.2 Å². The van der Waals surface area contributed by atoms with Crippen molar-refractivity contribution in [1.82, 2.24) is 15.1 Å². The highest BCUT2D eigenvalue weighted by molar-refractivity contribution is 6.43. The first-order valence-corrected chi connectivity index (χ1v) is 5.66. The van der Waals surface area contributed by atoms with E-state index in [1.54, 1.807) is 13.8 Å². The summed E-state index contributed by atoms with van der Waals surface area (Å²) in [4.78, 5) is 19.5. The van der Waals surface area contributed by atoms with Crippen molar-refractivity contribution in [1.29, 1.82) is 0 Å². The summed E-state index contributed by atoms with van der Waals surface area (Å²) < 4.78 is 4.91. The Labute approximate surface area is 112 Å². The summed E-state index contributed by atoms with van der Waals surface area (Å²) in [5.74, 6) is 0.144. The Hall–Kier alpha value is -1.66. The third-order valence-electron chi connectivity index (χ3n) is 2.24. The van der Waals surface area contributed by atoms with E-state index in [1.807, 2.05) is 0 Å². The van der Waals surface area contributed by atoms with Gasteiger partial charge in [-0.15, -0.1) is 0 Å². The van der Waals surface area contributed by atoms with Gasteiger partial charge in [-0.05, 0) is 13.8 Å². The average Bonchev–Trinajstić information content (AvgIpc) is 2.65. The molecule has 0 aliphatic rings. The zero-order valence-electron chi connectivity index (χ0n) is 9.49. The number of hydrogen-bond donors (Lipinski definition) is 1. The molecular formula is C10H8Cl2N4O2. The minimum atomic E-state index is -0.414. The molecule has 1 amide bonds. The second-order valence-corrected chi connectivity index (χ2v) is 4.22. The van der Waals surface area contributed by atoms with Crippen molar-refractivity contribution in [2.75, 3.05) is 5.32 Å². The maximum Gasteiger partial charge on any atom is 0.262 e. The van der Waals surface area contributed by atoms with Gasteiger partial charge in [-0.25, -0.2) is 9.97 Å². The minimum Gasteiger partial charge on any atom is -0.361 e. The lowest BCUT2D eigenvalue weighted by Gasteiger charge is -2.05. The van der Waals surface area contributed by atoms with Crippen molar-refractivity contribution >= 4 is 34.9 Å². The zero-order chi connectivity index (χ0) is 13.3. The number of nitrogens with one attached hydrogen (secondary N) is 1. The maximum absolute atomic E-state index is 12.0. The van der Waals surface area contributed by atoms with E-state index in [2.05, 4.69) is 20.4 Å². The van der Waals surface area contributed by atoms with Gasteiger partial charge in [0.15, 0.2) is 11.0 Å². The summed E-state index contributed by atoms with van der Waals surface area (Å²) in [7, 11) is 0. The Bertz CT molecular complexity index is 592. The summed E-state index contributed by atoms with van der Waals surface area (Å²) in [6, 6.07) is 0. The van der Waals surface area contributed by atoms with E-state index in [1.165, 1.54) is 6.33 Å². The number of nitrogens with zero attached hydrogens (tertiary/aromatic N) is 3. The lowest BCUT2D eigenvalue weighted by molar-refractivity contribution is 0.102. The van der Waals surface area contributed by atoms with E-state index >= 15 is 0 Å². The van der Waals surface area contributed by atoms with Gasteiger partial charge in [0.2, 0.25) is 0 Å². The Morgan fingerprint density at radius 3 is 2.67 bits per heavy atom. The van der Waals surface area contributed by atoms with E-state index in [9.17, 15) is 4.79 Å². The van der Waals surface area contributed by atoms with E-state index in [0.717, 1.165) is 0 Å². The summed E-state index contributed by atoms with van der Waals surface area (Å²) >= 11 is 11.6. The Kier molecular flexibility index (Phi) is 3.49. The monoisotopic (exact) mass is 286 g/mol. The summed E-state index contributed by atoms with van der Waals surface area (Å²) in [5.41, 5.74) is 0.835. The highest BCUT2D eigenvalue weighted by Gasteiger charge is 2.19. The number of hydrogen-bond acceptors (Lipinski definition) is 5. The summed E-state index contributed by atoms with van der Waals surface area (Å²) in [6.45, 7) is 3.31. The molecule has 94 valence electrons. The van der Waals surface area contributed by atoms with Crippen molar-refractivity contribution in [2.24, 2.45) is 0 Å². The lowest BCUT2D eigenvalue weighted by atomic mass is 10.2. The van der Waals surface area contributed by atoms with Gasteiger partial charge in [0.25, 0.3) is 5.91 Å². The smallest absolute Gasteiger partial charge is 0.262 e. The first-order valence-electron chi connectivity index (χ1n) is 4.91. The Balaban J connectivity index is 2.30. The quantitative estimate of drug-likeness (QED) is 0.859. The highest BCUT2D eigenvalue weighted by Crippen LogP contribution is 2.26. The third-order valence-corrected chi connectivity index (χ3v) is 2.98. The molecule has 0 unspecified atom stereocenters. The molecule has 0 aliphatic carbocycles. The van der Waals surface area contributed by atoms with Crippen molar-refractivity contribution in [2.45, 2.75) is 13.8 Å². The molecule has 0 aliphatic heterocycles. The topological polar surface area (TPSA) is 80.9 Å². The summed E-state index contributed by atoms with van der Waals surface area (Å²) in [5, 5.41) is 6.37. The van der Waals surface area contributed by atoms with Crippen molar-refractivity contribution in [3.63, 3.8) is 0 Å². The molecule has 2 rings (SSSR count). The van der Waals surface area contributed by atoms with E-state index in [0.29, 0.717) is 17.0 Å². The van der Waals surface area contributed by atoms with Crippen molar-refractivity contribution in [3.8, 4) is 0 Å². The molecule has 2 aromatic rings. The first kappa shape index (κ1) is 12.8. The molecule has 1 N–H and O–H groups in total. The number of aromatic nitrogens is 3. The highest BCUT2D eigenvalue weighted by atomic mass is 35.5. The van der Waals surface area contributed by atoms with Crippen molar-refractivity contribution in [3.05, 3.63) is 33.5 Å². The van der Waals surface area contributed by atoms with Crippen LogP contribution in [0, 0.1) is 13.8 Å². The van der Waals surface area contributed by atoms with Crippen LogP contribution in [-0.2, 0) is 0 Å². The fourth-order valence-corrected chi connectivity index (χ4v) is 1.69.